The van der Waals surface area contributed by atoms with Gasteiger partial charge >= 0.3 is 6.03 Å². The number of carbonyl (C=O) groups excluding carboxylic acids is 1. The Kier molecular flexibility index (Phi) is 6.55. The minimum absolute atomic E-state index is 0.120. The van der Waals surface area contributed by atoms with Crippen molar-refractivity contribution in [2.24, 2.45) is 0 Å². The van der Waals surface area contributed by atoms with Gasteiger partial charge in [-0.05, 0) is 52.9 Å². The van der Waals surface area contributed by atoms with Gasteiger partial charge in [0.05, 0.1) is 18.7 Å². The number of fused-ring (bicyclic) bond motifs is 5. The van der Waals surface area contributed by atoms with Crippen LogP contribution in [0.4, 0.5) is 4.79 Å². The van der Waals surface area contributed by atoms with Gasteiger partial charge in [0.15, 0.2) is 0 Å². The molecule has 2 aromatic carbocycles. The lowest BCUT2D eigenvalue weighted by Gasteiger charge is -2.27. The van der Waals surface area contributed by atoms with E-state index in [0.717, 1.165) is 42.8 Å². The second-order valence-corrected chi connectivity index (χ2v) is 10.2. The second kappa shape index (κ2) is 10.1. The van der Waals surface area contributed by atoms with E-state index in [1.807, 2.05) is 10.6 Å². The van der Waals surface area contributed by atoms with Crippen molar-refractivity contribution in [1.29, 1.82) is 0 Å². The fourth-order valence-corrected chi connectivity index (χ4v) is 5.60. The van der Waals surface area contributed by atoms with Crippen LogP contribution in [0.3, 0.4) is 0 Å². The molecule has 2 aliphatic heterocycles. The number of pyridine rings is 1. The molecule has 188 valence electrons. The summed E-state index contributed by atoms with van der Waals surface area (Å²) in [5, 5.41) is 4.69. The van der Waals surface area contributed by atoms with Gasteiger partial charge in [0, 0.05) is 49.9 Å². The Morgan fingerprint density at radius 2 is 2.00 bits per heavy atom. The normalized spacial score (nSPS) is 15.3. The highest BCUT2D eigenvalue weighted by Crippen LogP contribution is 2.37. The number of hydrogen-bond donors (Lipinski definition) is 1. The third-order valence-electron chi connectivity index (χ3n) is 7.29. The molecule has 0 fully saturated rings. The molecule has 37 heavy (non-hydrogen) atoms. The van der Waals surface area contributed by atoms with Crippen molar-refractivity contribution in [1.82, 2.24) is 19.8 Å². The van der Waals surface area contributed by atoms with Crippen molar-refractivity contribution in [2.45, 2.75) is 39.6 Å². The van der Waals surface area contributed by atoms with Gasteiger partial charge in [0.2, 0.25) is 0 Å². The Hall–Kier alpha value is -3.45. The first-order chi connectivity index (χ1) is 18.1. The molecule has 2 aromatic heterocycles. The molecule has 0 aliphatic carbocycles. The first kappa shape index (κ1) is 23.9. The van der Waals surface area contributed by atoms with Crippen molar-refractivity contribution >= 4 is 34.6 Å². The first-order valence-electron chi connectivity index (χ1n) is 12.7. The minimum atomic E-state index is -0.120. The van der Waals surface area contributed by atoms with Crippen molar-refractivity contribution in [3.8, 4) is 0 Å². The van der Waals surface area contributed by atoms with Gasteiger partial charge in [-0.1, -0.05) is 59.6 Å². The van der Waals surface area contributed by atoms with E-state index < -0.39 is 0 Å². The van der Waals surface area contributed by atoms with E-state index in [4.69, 9.17) is 16.3 Å². The Balaban J connectivity index is 1.28. The summed E-state index contributed by atoms with van der Waals surface area (Å²) < 4.78 is 7.68. The summed E-state index contributed by atoms with van der Waals surface area (Å²) in [6, 6.07) is 16.3. The van der Waals surface area contributed by atoms with E-state index in [-0.39, 0.29) is 6.03 Å². The molecule has 1 amide bonds. The number of nitrogens with one attached hydrogen (secondary N) is 1. The van der Waals surface area contributed by atoms with Gasteiger partial charge in [0.25, 0.3) is 0 Å². The van der Waals surface area contributed by atoms with Crippen LogP contribution in [0.2, 0.25) is 5.15 Å². The van der Waals surface area contributed by atoms with Crippen LogP contribution in [0, 0.1) is 6.92 Å². The van der Waals surface area contributed by atoms with Crippen LogP contribution < -0.4 is 5.32 Å². The predicted molar refractivity (Wildman–Crippen MR) is 147 cm³/mol. The number of benzene rings is 2. The highest BCUT2D eigenvalue weighted by Gasteiger charge is 2.29. The smallest absolute Gasteiger partial charge is 0.326 e. The lowest BCUT2D eigenvalue weighted by atomic mass is 9.98. The Morgan fingerprint density at radius 3 is 2.84 bits per heavy atom. The standard InChI is InChI=1S/C30H29ClN4O2/c1-20-4-6-21(7-5-20)3-2-13-34-14-11-26-24(17-34)29-25-19-37-18-23(25)8-9-27(29)35(26)30(36)33-16-22-10-12-32-28(31)15-22/h2-10,12,15H,11,13-14,16-19H2,1H3,(H,33,36)/b3-2+. The molecule has 1 N–H and O–H groups in total. The Bertz CT molecular complexity index is 1510. The van der Waals surface area contributed by atoms with E-state index >= 15 is 0 Å². The van der Waals surface area contributed by atoms with E-state index in [2.05, 4.69) is 70.7 Å². The van der Waals surface area contributed by atoms with Crippen LogP contribution in [0.1, 0.15) is 39.1 Å². The van der Waals surface area contributed by atoms with E-state index in [1.165, 1.54) is 33.2 Å². The highest BCUT2D eigenvalue weighted by molar-refractivity contribution is 6.29. The van der Waals surface area contributed by atoms with Gasteiger partial charge in [-0.15, -0.1) is 0 Å². The predicted octanol–water partition coefficient (Wildman–Crippen LogP) is 5.86. The summed E-state index contributed by atoms with van der Waals surface area (Å²) in [4.78, 5) is 20.0. The zero-order chi connectivity index (χ0) is 25.4. The molecule has 0 atom stereocenters. The number of hydrogen-bond acceptors (Lipinski definition) is 4. The minimum Gasteiger partial charge on any atom is -0.372 e. The number of rotatable bonds is 5. The lowest BCUT2D eigenvalue weighted by molar-refractivity contribution is 0.135. The highest BCUT2D eigenvalue weighted by atomic mass is 35.5. The molecule has 0 bridgehead atoms. The van der Waals surface area contributed by atoms with Gasteiger partial charge in [-0.2, -0.15) is 0 Å². The number of aromatic nitrogens is 2. The van der Waals surface area contributed by atoms with Crippen LogP contribution in [-0.4, -0.2) is 33.6 Å². The molecule has 0 radical (unpaired) electrons. The summed E-state index contributed by atoms with van der Waals surface area (Å²) >= 11 is 6.03. The number of nitrogens with zero attached hydrogens (tertiary/aromatic N) is 3. The number of ether oxygens (including phenoxy) is 1. The molecule has 0 saturated carbocycles. The quantitative estimate of drug-likeness (QED) is 0.340. The maximum atomic E-state index is 13.5. The zero-order valence-electron chi connectivity index (χ0n) is 20.8. The average molecular weight is 513 g/mol. The summed E-state index contributed by atoms with van der Waals surface area (Å²) in [5.74, 6) is 0. The Morgan fingerprint density at radius 1 is 1.14 bits per heavy atom. The van der Waals surface area contributed by atoms with E-state index in [9.17, 15) is 4.79 Å². The molecule has 0 unspecified atom stereocenters. The maximum absolute atomic E-state index is 13.5. The number of amides is 1. The van der Waals surface area contributed by atoms with Gasteiger partial charge in [-0.25, -0.2) is 9.78 Å². The van der Waals surface area contributed by atoms with Crippen molar-refractivity contribution < 1.29 is 9.53 Å². The van der Waals surface area contributed by atoms with E-state index in [0.29, 0.717) is 24.9 Å². The van der Waals surface area contributed by atoms with Gasteiger partial charge < -0.3 is 10.1 Å². The van der Waals surface area contributed by atoms with Crippen LogP contribution in [0.5, 0.6) is 0 Å². The number of aryl methyl sites for hydroxylation is 1. The largest absolute Gasteiger partial charge is 0.372 e. The first-order valence-corrected chi connectivity index (χ1v) is 13.0. The topological polar surface area (TPSA) is 59.4 Å². The SMILES string of the molecule is Cc1ccc(/C=C/CN2CCc3c(c4c5c(ccc4n3C(=O)NCc3ccnc(Cl)c3)COC5)C2)cc1. The Labute approximate surface area is 221 Å². The third-order valence-corrected chi connectivity index (χ3v) is 7.50. The fraction of sp³-hybridized carbons (Fsp3) is 0.267. The number of halogens is 1. The van der Waals surface area contributed by atoms with Crippen molar-refractivity contribution in [3.63, 3.8) is 0 Å². The summed E-state index contributed by atoms with van der Waals surface area (Å²) in [7, 11) is 0. The average Bonchev–Trinajstić information content (AvgIpc) is 3.50. The van der Waals surface area contributed by atoms with Gasteiger partial charge in [0.1, 0.15) is 5.15 Å². The number of carbonyl (C=O) groups is 1. The molecule has 6 nitrogen and oxygen atoms in total. The zero-order valence-corrected chi connectivity index (χ0v) is 21.6. The van der Waals surface area contributed by atoms with Crippen molar-refractivity contribution in [2.75, 3.05) is 13.1 Å². The van der Waals surface area contributed by atoms with Gasteiger partial charge in [-0.3, -0.25) is 9.47 Å². The lowest BCUT2D eigenvalue weighted by Crippen LogP contribution is -2.34. The molecule has 4 heterocycles. The monoisotopic (exact) mass is 512 g/mol. The fourth-order valence-electron chi connectivity index (χ4n) is 5.40. The van der Waals surface area contributed by atoms with Crippen LogP contribution >= 0.6 is 11.6 Å². The summed E-state index contributed by atoms with van der Waals surface area (Å²) in [6.07, 6.45) is 6.88. The molecule has 2 aliphatic rings. The summed E-state index contributed by atoms with van der Waals surface area (Å²) in [6.45, 7) is 6.27. The van der Waals surface area contributed by atoms with E-state index in [1.54, 1.807) is 12.3 Å². The molecule has 6 rings (SSSR count). The summed E-state index contributed by atoms with van der Waals surface area (Å²) in [5.41, 5.74) is 9.13. The molecule has 4 aromatic rings. The molecule has 0 saturated heterocycles. The molecule has 0 spiro atoms. The van der Waals surface area contributed by atoms with Crippen LogP contribution in [0.15, 0.2) is 60.8 Å². The molecular formula is C30H29ClN4O2. The molecular weight excluding hydrogens is 484 g/mol. The second-order valence-electron chi connectivity index (χ2n) is 9.79. The van der Waals surface area contributed by atoms with Crippen LogP contribution in [0.25, 0.3) is 17.0 Å². The van der Waals surface area contributed by atoms with Crippen LogP contribution in [-0.2, 0) is 37.5 Å². The molecule has 7 heteroatoms. The van der Waals surface area contributed by atoms with Crippen molar-refractivity contribution in [3.05, 3.63) is 105 Å². The maximum Gasteiger partial charge on any atom is 0.326 e. The third kappa shape index (κ3) is 4.80.